The Kier molecular flexibility index (Phi) is 4.79. The summed E-state index contributed by atoms with van der Waals surface area (Å²) in [5.74, 6) is 0.369. The first-order chi connectivity index (χ1) is 8.68. The minimum Gasteiger partial charge on any atom is -0.393 e. The van der Waals surface area contributed by atoms with Crippen LogP contribution in [0, 0.1) is 12.3 Å². The van der Waals surface area contributed by atoms with E-state index in [0.717, 1.165) is 25.7 Å². The number of hydrogen-bond donors (Lipinski definition) is 1. The number of aliphatic hydroxyl groups is 1. The highest BCUT2D eigenvalue weighted by Crippen LogP contribution is 2.29. The summed E-state index contributed by atoms with van der Waals surface area (Å²) in [6, 6.07) is 11.0. The summed E-state index contributed by atoms with van der Waals surface area (Å²) in [5.41, 5.74) is 1.36. The van der Waals surface area contributed by atoms with Crippen LogP contribution in [-0.4, -0.2) is 36.2 Å². The molecule has 0 aliphatic heterocycles. The smallest absolute Gasteiger partial charge is 0.0583 e. The van der Waals surface area contributed by atoms with Crippen LogP contribution in [0.3, 0.4) is 0 Å². The maximum Gasteiger partial charge on any atom is 0.0583 e. The SMILES string of the molecule is CN(C)C(Cc1ccccc1)C1C[CH]CCC1O. The molecule has 2 nitrogen and oxygen atoms in total. The van der Waals surface area contributed by atoms with E-state index in [1.165, 1.54) is 5.56 Å². The van der Waals surface area contributed by atoms with Gasteiger partial charge in [0.05, 0.1) is 6.10 Å². The normalized spacial score (nSPS) is 26.2. The van der Waals surface area contributed by atoms with Crippen molar-refractivity contribution in [2.24, 2.45) is 5.92 Å². The molecule has 0 spiro atoms. The van der Waals surface area contributed by atoms with Gasteiger partial charge in [-0.25, -0.2) is 0 Å². The van der Waals surface area contributed by atoms with Crippen LogP contribution in [0.1, 0.15) is 24.8 Å². The van der Waals surface area contributed by atoms with Crippen molar-refractivity contribution in [1.82, 2.24) is 4.90 Å². The Morgan fingerprint density at radius 2 is 2.00 bits per heavy atom. The van der Waals surface area contributed by atoms with Crippen LogP contribution in [-0.2, 0) is 6.42 Å². The Balaban J connectivity index is 2.08. The topological polar surface area (TPSA) is 23.5 Å². The van der Waals surface area contributed by atoms with Gasteiger partial charge >= 0.3 is 0 Å². The van der Waals surface area contributed by atoms with E-state index >= 15 is 0 Å². The van der Waals surface area contributed by atoms with Crippen molar-refractivity contribution in [2.45, 2.75) is 37.8 Å². The molecule has 1 saturated carbocycles. The van der Waals surface area contributed by atoms with Gasteiger partial charge < -0.3 is 10.0 Å². The highest BCUT2D eigenvalue weighted by molar-refractivity contribution is 5.16. The van der Waals surface area contributed by atoms with Gasteiger partial charge in [0.2, 0.25) is 0 Å². The molecule has 0 heterocycles. The molecule has 3 atom stereocenters. The largest absolute Gasteiger partial charge is 0.393 e. The van der Waals surface area contributed by atoms with Gasteiger partial charge in [-0.15, -0.1) is 0 Å². The molecule has 0 saturated heterocycles. The van der Waals surface area contributed by atoms with Crippen molar-refractivity contribution >= 4 is 0 Å². The molecule has 2 heteroatoms. The molecule has 1 aliphatic rings. The average molecular weight is 246 g/mol. The number of aliphatic hydroxyl groups excluding tert-OH is 1. The van der Waals surface area contributed by atoms with E-state index in [0.29, 0.717) is 12.0 Å². The van der Waals surface area contributed by atoms with E-state index in [1.807, 2.05) is 0 Å². The first-order valence-electron chi connectivity index (χ1n) is 6.88. The van der Waals surface area contributed by atoms with Gasteiger partial charge in [0, 0.05) is 12.0 Å². The van der Waals surface area contributed by atoms with Crippen LogP contribution in [0.15, 0.2) is 30.3 Å². The fraction of sp³-hybridized carbons (Fsp3) is 0.562. The lowest BCUT2D eigenvalue weighted by atomic mass is 9.79. The summed E-state index contributed by atoms with van der Waals surface area (Å²) in [7, 11) is 4.24. The van der Waals surface area contributed by atoms with E-state index in [4.69, 9.17) is 0 Å². The van der Waals surface area contributed by atoms with E-state index in [1.54, 1.807) is 0 Å². The van der Waals surface area contributed by atoms with E-state index < -0.39 is 0 Å². The lowest BCUT2D eigenvalue weighted by molar-refractivity contribution is 0.0349. The Bertz CT molecular complexity index is 349. The third-order valence-corrected chi connectivity index (χ3v) is 4.04. The van der Waals surface area contributed by atoms with Gasteiger partial charge in [0.25, 0.3) is 0 Å². The van der Waals surface area contributed by atoms with Crippen molar-refractivity contribution in [3.8, 4) is 0 Å². The van der Waals surface area contributed by atoms with Crippen LogP contribution in [0.5, 0.6) is 0 Å². The third kappa shape index (κ3) is 3.33. The highest BCUT2D eigenvalue weighted by atomic mass is 16.3. The predicted molar refractivity (Wildman–Crippen MR) is 75.3 cm³/mol. The third-order valence-electron chi connectivity index (χ3n) is 4.04. The lowest BCUT2D eigenvalue weighted by Crippen LogP contribution is -2.44. The molecule has 1 N–H and O–H groups in total. The second-order valence-corrected chi connectivity index (χ2v) is 5.55. The van der Waals surface area contributed by atoms with Gasteiger partial charge in [-0.1, -0.05) is 30.3 Å². The molecule has 1 fully saturated rings. The van der Waals surface area contributed by atoms with Crippen molar-refractivity contribution in [1.29, 1.82) is 0 Å². The van der Waals surface area contributed by atoms with Crippen LogP contribution in [0.4, 0.5) is 0 Å². The van der Waals surface area contributed by atoms with Gasteiger partial charge in [-0.3, -0.25) is 0 Å². The number of rotatable bonds is 4. The first-order valence-corrected chi connectivity index (χ1v) is 6.88. The van der Waals surface area contributed by atoms with Crippen molar-refractivity contribution < 1.29 is 5.11 Å². The zero-order chi connectivity index (χ0) is 13.0. The highest BCUT2D eigenvalue weighted by Gasteiger charge is 2.31. The zero-order valence-corrected chi connectivity index (χ0v) is 11.4. The summed E-state index contributed by atoms with van der Waals surface area (Å²) < 4.78 is 0. The predicted octanol–water partition coefficient (Wildman–Crippen LogP) is 2.52. The van der Waals surface area contributed by atoms with Crippen molar-refractivity contribution in [3.63, 3.8) is 0 Å². The maximum absolute atomic E-state index is 10.2. The molecule has 0 aromatic heterocycles. The molecule has 3 unspecified atom stereocenters. The van der Waals surface area contributed by atoms with Gasteiger partial charge in [0.15, 0.2) is 0 Å². The molecule has 99 valence electrons. The molecular formula is C16H24NO. The quantitative estimate of drug-likeness (QED) is 0.882. The molecule has 1 aliphatic carbocycles. The summed E-state index contributed by atoms with van der Waals surface area (Å²) in [6.45, 7) is 0. The Morgan fingerprint density at radius 1 is 1.28 bits per heavy atom. The molecule has 1 radical (unpaired) electrons. The molecule has 18 heavy (non-hydrogen) atoms. The van der Waals surface area contributed by atoms with Crippen LogP contribution < -0.4 is 0 Å². The molecule has 1 aromatic carbocycles. The van der Waals surface area contributed by atoms with Crippen LogP contribution in [0.2, 0.25) is 0 Å². The number of hydrogen-bond acceptors (Lipinski definition) is 2. The summed E-state index contributed by atoms with van der Waals surface area (Å²) in [5, 5.41) is 10.2. The first kappa shape index (κ1) is 13.6. The maximum atomic E-state index is 10.2. The Hall–Kier alpha value is -0.860. The Labute approximate surface area is 111 Å². The van der Waals surface area contributed by atoms with E-state index in [9.17, 15) is 5.11 Å². The summed E-state index contributed by atoms with van der Waals surface area (Å²) in [6.07, 6.45) is 6.22. The zero-order valence-electron chi connectivity index (χ0n) is 11.4. The lowest BCUT2D eigenvalue weighted by Gasteiger charge is -2.38. The van der Waals surface area contributed by atoms with E-state index in [2.05, 4.69) is 55.7 Å². The van der Waals surface area contributed by atoms with Crippen molar-refractivity contribution in [2.75, 3.05) is 14.1 Å². The number of benzene rings is 1. The average Bonchev–Trinajstić information content (AvgIpc) is 2.38. The molecule has 1 aromatic rings. The second-order valence-electron chi connectivity index (χ2n) is 5.55. The summed E-state index contributed by atoms with van der Waals surface area (Å²) in [4.78, 5) is 2.26. The standard InChI is InChI=1S/C16H24NO/c1-17(2)15(12-13-8-4-3-5-9-13)14-10-6-7-11-16(14)18/h3-6,8-9,14-16,18H,7,10-12H2,1-2H3. The minimum atomic E-state index is -0.147. The van der Waals surface area contributed by atoms with Crippen LogP contribution >= 0.6 is 0 Å². The minimum absolute atomic E-state index is 0.147. The van der Waals surface area contributed by atoms with E-state index in [-0.39, 0.29) is 6.10 Å². The number of likely N-dealkylation sites (N-methyl/N-ethyl adjacent to an activating group) is 1. The monoisotopic (exact) mass is 246 g/mol. The summed E-state index contributed by atoms with van der Waals surface area (Å²) >= 11 is 0. The fourth-order valence-electron chi connectivity index (χ4n) is 2.96. The number of nitrogens with zero attached hydrogens (tertiary/aromatic N) is 1. The van der Waals surface area contributed by atoms with Crippen LogP contribution in [0.25, 0.3) is 0 Å². The fourth-order valence-corrected chi connectivity index (χ4v) is 2.96. The molecule has 0 amide bonds. The Morgan fingerprint density at radius 3 is 2.61 bits per heavy atom. The molecule has 2 rings (SSSR count). The van der Waals surface area contributed by atoms with Gasteiger partial charge in [0.1, 0.15) is 0 Å². The van der Waals surface area contributed by atoms with Gasteiger partial charge in [-0.2, -0.15) is 0 Å². The van der Waals surface area contributed by atoms with Crippen molar-refractivity contribution in [3.05, 3.63) is 42.3 Å². The molecule has 0 bridgehead atoms. The van der Waals surface area contributed by atoms with Gasteiger partial charge in [-0.05, 0) is 51.8 Å². The molecular weight excluding hydrogens is 222 g/mol. The second kappa shape index (κ2) is 6.35.